The van der Waals surface area contributed by atoms with Gasteiger partial charge < -0.3 is 0 Å². The predicted molar refractivity (Wildman–Crippen MR) is 56.4 cm³/mol. The highest BCUT2D eigenvalue weighted by molar-refractivity contribution is 7.82. The van der Waals surface area contributed by atoms with Crippen LogP contribution in [-0.2, 0) is 0 Å². The van der Waals surface area contributed by atoms with Crippen molar-refractivity contribution < 1.29 is 0 Å². The maximum absolute atomic E-state index is 4.08. The molecule has 0 unspecified atom stereocenters. The van der Waals surface area contributed by atoms with Crippen molar-refractivity contribution in [2.75, 3.05) is 17.3 Å². The third-order valence-corrected chi connectivity index (χ3v) is 2.32. The highest BCUT2D eigenvalue weighted by Gasteiger charge is 1.97. The van der Waals surface area contributed by atoms with Crippen molar-refractivity contribution in [3.05, 3.63) is 0 Å². The molecular weight excluding hydrogens is 168 g/mol. The Morgan fingerprint density at radius 3 is 1.11 bits per heavy atom. The van der Waals surface area contributed by atoms with Gasteiger partial charge in [0.2, 0.25) is 0 Å². The fourth-order valence-electron chi connectivity index (χ4n) is 0.173. The summed E-state index contributed by atoms with van der Waals surface area (Å²) < 4.78 is 0. The maximum atomic E-state index is 4.08. The molecule has 0 aliphatic carbocycles. The van der Waals surface area contributed by atoms with Crippen LogP contribution < -0.4 is 0 Å². The van der Waals surface area contributed by atoms with Gasteiger partial charge in [0, 0.05) is 0 Å². The molecule has 0 aromatic rings. The van der Waals surface area contributed by atoms with Gasteiger partial charge in [-0.1, -0.05) is 13.8 Å². The topological polar surface area (TPSA) is 0 Å². The third kappa shape index (κ3) is 9.05. The number of hydrogen-bond acceptors (Lipinski definition) is 3. The summed E-state index contributed by atoms with van der Waals surface area (Å²) in [6.45, 7) is 4.00. The van der Waals surface area contributed by atoms with E-state index in [0.29, 0.717) is 5.92 Å². The summed E-state index contributed by atoms with van der Waals surface area (Å²) in [6.07, 6.45) is 0. The molecule has 0 aromatic carbocycles. The first-order valence-corrected chi connectivity index (χ1v) is 5.07. The largest absolute Gasteiger partial charge is 0.179 e. The molecule has 3 heteroatoms. The minimum absolute atomic E-state index is 0.579. The molecule has 0 atom stereocenters. The monoisotopic (exact) mass is 184 g/mol. The van der Waals surface area contributed by atoms with E-state index in [4.69, 9.17) is 0 Å². The molecule has 0 aliphatic rings. The first-order valence-electron chi connectivity index (χ1n) is 3.17. The van der Waals surface area contributed by atoms with Crippen LogP contribution in [0, 0.1) is 5.92 Å². The molecular formula is C6H16S3. The summed E-state index contributed by atoms with van der Waals surface area (Å²) in [5, 5.41) is 0. The molecule has 0 radical (unpaired) electrons. The molecule has 0 amide bonds. The zero-order valence-corrected chi connectivity index (χ0v) is 8.72. The van der Waals surface area contributed by atoms with Crippen molar-refractivity contribution in [1.29, 1.82) is 0 Å². The summed E-state index contributed by atoms with van der Waals surface area (Å²) in [6, 6.07) is 0. The lowest BCUT2D eigenvalue weighted by atomic mass is 10.3. The van der Waals surface area contributed by atoms with Gasteiger partial charge in [-0.2, -0.15) is 37.9 Å². The van der Waals surface area contributed by atoms with Gasteiger partial charge in [0.1, 0.15) is 0 Å². The molecule has 0 N–H and O–H groups in total. The van der Waals surface area contributed by atoms with E-state index in [-0.39, 0.29) is 0 Å². The average Bonchev–Trinajstić information content (AvgIpc) is 1.96. The van der Waals surface area contributed by atoms with E-state index in [1.165, 1.54) is 0 Å². The fourth-order valence-corrected chi connectivity index (χ4v) is 1.56. The van der Waals surface area contributed by atoms with E-state index >= 15 is 0 Å². The van der Waals surface area contributed by atoms with Crippen LogP contribution in [0.15, 0.2) is 0 Å². The van der Waals surface area contributed by atoms with Crippen LogP contribution in [0.2, 0.25) is 0 Å². The fraction of sp³-hybridized carbons (Fsp3) is 1.00. The highest BCUT2D eigenvalue weighted by atomic mass is 32.1. The van der Waals surface area contributed by atoms with E-state index in [1.807, 2.05) is 13.8 Å². The number of hydrogen-bond donors (Lipinski definition) is 3. The standard InChI is InChI=1S/C4H10S3.C2H6/c5-1-4(2-6)3-7;1-2/h4-7H,1-3H2;1-2H3. The second kappa shape index (κ2) is 11.8. The minimum atomic E-state index is 0.579. The molecule has 9 heavy (non-hydrogen) atoms. The van der Waals surface area contributed by atoms with Gasteiger partial charge in [0.15, 0.2) is 0 Å². The first-order chi connectivity index (χ1) is 4.35. The second-order valence-electron chi connectivity index (χ2n) is 1.41. The van der Waals surface area contributed by atoms with E-state index in [0.717, 1.165) is 17.3 Å². The lowest BCUT2D eigenvalue weighted by molar-refractivity contribution is 0.786. The Bertz CT molecular complexity index is 29.8. The van der Waals surface area contributed by atoms with Gasteiger partial charge in [0.05, 0.1) is 0 Å². The first kappa shape index (κ1) is 12.7. The lowest BCUT2D eigenvalue weighted by Crippen LogP contribution is -2.04. The lowest BCUT2D eigenvalue weighted by Gasteiger charge is -2.03. The van der Waals surface area contributed by atoms with Gasteiger partial charge in [-0.05, 0) is 23.2 Å². The zero-order chi connectivity index (χ0) is 7.70. The Kier molecular flexibility index (Phi) is 16.7. The van der Waals surface area contributed by atoms with Crippen molar-refractivity contribution in [1.82, 2.24) is 0 Å². The molecule has 0 aromatic heterocycles. The normalized spacial score (nSPS) is 8.67. The van der Waals surface area contributed by atoms with Gasteiger partial charge in [-0.3, -0.25) is 0 Å². The van der Waals surface area contributed by atoms with Crippen molar-refractivity contribution >= 4 is 37.9 Å². The van der Waals surface area contributed by atoms with Crippen LogP contribution >= 0.6 is 37.9 Å². The number of rotatable bonds is 3. The van der Waals surface area contributed by atoms with Crippen LogP contribution in [0.25, 0.3) is 0 Å². The summed E-state index contributed by atoms with van der Waals surface area (Å²) in [4.78, 5) is 0. The molecule has 58 valence electrons. The third-order valence-electron chi connectivity index (χ3n) is 0.775. The quantitative estimate of drug-likeness (QED) is 0.551. The molecule has 0 heterocycles. The van der Waals surface area contributed by atoms with Gasteiger partial charge in [-0.15, -0.1) is 0 Å². The van der Waals surface area contributed by atoms with Crippen molar-refractivity contribution in [2.45, 2.75) is 13.8 Å². The smallest absolute Gasteiger partial charge is 0.00539 e. The summed E-state index contributed by atoms with van der Waals surface area (Å²) in [5.74, 6) is 3.27. The summed E-state index contributed by atoms with van der Waals surface area (Å²) in [7, 11) is 0. The van der Waals surface area contributed by atoms with Crippen LogP contribution in [0.4, 0.5) is 0 Å². The number of thiol groups is 3. The molecule has 0 aliphatic heterocycles. The summed E-state index contributed by atoms with van der Waals surface area (Å²) in [5.41, 5.74) is 0. The summed E-state index contributed by atoms with van der Waals surface area (Å²) >= 11 is 12.2. The Morgan fingerprint density at radius 1 is 0.889 bits per heavy atom. The van der Waals surface area contributed by atoms with Crippen LogP contribution in [0.3, 0.4) is 0 Å². The molecule has 0 bridgehead atoms. The molecule has 0 fully saturated rings. The van der Waals surface area contributed by atoms with Crippen LogP contribution in [0.1, 0.15) is 13.8 Å². The van der Waals surface area contributed by atoms with Gasteiger partial charge >= 0.3 is 0 Å². The Morgan fingerprint density at radius 2 is 1.11 bits per heavy atom. The molecule has 0 saturated carbocycles. The molecule has 0 nitrogen and oxygen atoms in total. The van der Waals surface area contributed by atoms with Crippen molar-refractivity contribution in [3.8, 4) is 0 Å². The van der Waals surface area contributed by atoms with Crippen molar-refractivity contribution in [2.24, 2.45) is 5.92 Å². The van der Waals surface area contributed by atoms with Gasteiger partial charge in [-0.25, -0.2) is 0 Å². The minimum Gasteiger partial charge on any atom is -0.179 e. The van der Waals surface area contributed by atoms with E-state index in [1.54, 1.807) is 0 Å². The molecule has 0 spiro atoms. The van der Waals surface area contributed by atoms with E-state index in [2.05, 4.69) is 37.9 Å². The molecule has 0 saturated heterocycles. The van der Waals surface area contributed by atoms with Crippen LogP contribution in [0.5, 0.6) is 0 Å². The van der Waals surface area contributed by atoms with Gasteiger partial charge in [0.25, 0.3) is 0 Å². The Labute approximate surface area is 75.0 Å². The van der Waals surface area contributed by atoms with E-state index in [9.17, 15) is 0 Å². The average molecular weight is 184 g/mol. The predicted octanol–water partition coefficient (Wildman–Crippen LogP) is 2.42. The second-order valence-corrected chi connectivity index (χ2v) is 2.51. The Balaban J connectivity index is 0. The SMILES string of the molecule is CC.SCC(CS)CS. The van der Waals surface area contributed by atoms with E-state index < -0.39 is 0 Å². The van der Waals surface area contributed by atoms with Crippen LogP contribution in [-0.4, -0.2) is 17.3 Å². The Hall–Kier alpha value is 1.05. The maximum Gasteiger partial charge on any atom is -0.00539 e. The zero-order valence-electron chi connectivity index (χ0n) is 6.04. The molecule has 0 rings (SSSR count). The highest BCUT2D eigenvalue weighted by Crippen LogP contribution is 2.02. The van der Waals surface area contributed by atoms with Crippen molar-refractivity contribution in [3.63, 3.8) is 0 Å².